The second-order valence-electron chi connectivity index (χ2n) is 6.34. The van der Waals surface area contributed by atoms with Gasteiger partial charge in [0.25, 0.3) is 5.91 Å². The molecule has 0 saturated carbocycles. The van der Waals surface area contributed by atoms with Gasteiger partial charge < -0.3 is 9.42 Å². The summed E-state index contributed by atoms with van der Waals surface area (Å²) in [6.07, 6.45) is 1.80. The van der Waals surface area contributed by atoms with Gasteiger partial charge in [0.1, 0.15) is 16.6 Å². The summed E-state index contributed by atoms with van der Waals surface area (Å²) >= 11 is 1.39. The van der Waals surface area contributed by atoms with Crippen molar-refractivity contribution in [1.82, 2.24) is 20.3 Å². The standard InChI is InChI=1S/C18H17FN4O2S/c1-11-9-15(22-25-11)18(24)23-8-4-5-12(10-23)16-20-21-17(26-16)13-6-2-3-7-14(13)19/h2-3,6-7,9,12H,4-5,8,10H2,1H3. The fourth-order valence-corrected chi connectivity index (χ4v) is 4.13. The Balaban J connectivity index is 1.52. The predicted octanol–water partition coefficient (Wildman–Crippen LogP) is 3.66. The topological polar surface area (TPSA) is 72.1 Å². The maximum atomic E-state index is 14.0. The molecule has 1 aromatic carbocycles. The summed E-state index contributed by atoms with van der Waals surface area (Å²) in [5.74, 6) is 0.265. The number of halogens is 1. The van der Waals surface area contributed by atoms with Gasteiger partial charge in [-0.25, -0.2) is 4.39 Å². The Labute approximate surface area is 153 Å². The summed E-state index contributed by atoms with van der Waals surface area (Å²) in [5, 5.41) is 13.6. The number of hydrogen-bond donors (Lipinski definition) is 0. The number of piperidine rings is 1. The van der Waals surface area contributed by atoms with E-state index in [1.807, 2.05) is 0 Å². The summed E-state index contributed by atoms with van der Waals surface area (Å²) < 4.78 is 19.0. The molecule has 3 heterocycles. The van der Waals surface area contributed by atoms with Crippen LogP contribution >= 0.6 is 11.3 Å². The number of carbonyl (C=O) groups excluding carboxylic acids is 1. The highest BCUT2D eigenvalue weighted by molar-refractivity contribution is 7.14. The number of amides is 1. The van der Waals surface area contributed by atoms with Crippen molar-refractivity contribution in [2.45, 2.75) is 25.7 Å². The molecule has 1 saturated heterocycles. The van der Waals surface area contributed by atoms with Crippen molar-refractivity contribution >= 4 is 17.2 Å². The van der Waals surface area contributed by atoms with Crippen LogP contribution in [0.5, 0.6) is 0 Å². The van der Waals surface area contributed by atoms with E-state index < -0.39 is 0 Å². The predicted molar refractivity (Wildman–Crippen MR) is 94.4 cm³/mol. The molecule has 3 aromatic rings. The summed E-state index contributed by atoms with van der Waals surface area (Å²) in [7, 11) is 0. The van der Waals surface area contributed by atoms with Gasteiger partial charge in [0, 0.05) is 30.6 Å². The molecular formula is C18H17FN4O2S. The van der Waals surface area contributed by atoms with Gasteiger partial charge >= 0.3 is 0 Å². The zero-order valence-corrected chi connectivity index (χ0v) is 15.0. The Hall–Kier alpha value is -2.61. The highest BCUT2D eigenvalue weighted by Gasteiger charge is 2.29. The lowest BCUT2D eigenvalue weighted by molar-refractivity contribution is 0.0696. The third-order valence-corrected chi connectivity index (χ3v) is 5.57. The van der Waals surface area contributed by atoms with E-state index >= 15 is 0 Å². The summed E-state index contributed by atoms with van der Waals surface area (Å²) in [4.78, 5) is 14.4. The maximum absolute atomic E-state index is 14.0. The molecule has 134 valence electrons. The fourth-order valence-electron chi connectivity index (χ4n) is 3.14. The lowest BCUT2D eigenvalue weighted by Crippen LogP contribution is -2.39. The van der Waals surface area contributed by atoms with E-state index in [1.54, 1.807) is 36.1 Å². The third-order valence-electron chi connectivity index (χ3n) is 4.45. The minimum atomic E-state index is -0.308. The summed E-state index contributed by atoms with van der Waals surface area (Å²) in [5.41, 5.74) is 0.783. The number of aromatic nitrogens is 3. The van der Waals surface area contributed by atoms with Crippen molar-refractivity contribution < 1.29 is 13.7 Å². The minimum absolute atomic E-state index is 0.0960. The van der Waals surface area contributed by atoms with Gasteiger partial charge in [-0.2, -0.15) is 0 Å². The van der Waals surface area contributed by atoms with Gasteiger partial charge in [0.05, 0.1) is 0 Å². The largest absolute Gasteiger partial charge is 0.361 e. The van der Waals surface area contributed by atoms with E-state index in [-0.39, 0.29) is 17.6 Å². The average molecular weight is 372 g/mol. The number of nitrogens with zero attached hydrogens (tertiary/aromatic N) is 4. The first-order valence-electron chi connectivity index (χ1n) is 8.42. The summed E-state index contributed by atoms with van der Waals surface area (Å²) in [6, 6.07) is 8.19. The molecule has 0 spiro atoms. The van der Waals surface area contributed by atoms with Gasteiger partial charge in [-0.3, -0.25) is 4.79 Å². The molecule has 0 N–H and O–H groups in total. The molecule has 1 aliphatic rings. The van der Waals surface area contributed by atoms with Crippen LogP contribution in [0.4, 0.5) is 4.39 Å². The van der Waals surface area contributed by atoms with E-state index in [1.165, 1.54) is 17.4 Å². The zero-order chi connectivity index (χ0) is 18.1. The molecular weight excluding hydrogens is 355 g/mol. The van der Waals surface area contributed by atoms with Crippen LogP contribution in [0.15, 0.2) is 34.9 Å². The van der Waals surface area contributed by atoms with Crippen molar-refractivity contribution in [3.05, 3.63) is 52.6 Å². The van der Waals surface area contributed by atoms with Crippen molar-refractivity contribution in [3.63, 3.8) is 0 Å². The first kappa shape index (κ1) is 16.8. The van der Waals surface area contributed by atoms with E-state index in [9.17, 15) is 9.18 Å². The summed E-state index contributed by atoms with van der Waals surface area (Å²) in [6.45, 7) is 2.99. The number of carbonyl (C=O) groups is 1. The molecule has 1 fully saturated rings. The molecule has 6 nitrogen and oxygen atoms in total. The Morgan fingerprint density at radius 2 is 2.19 bits per heavy atom. The molecule has 4 rings (SSSR count). The van der Waals surface area contributed by atoms with Crippen LogP contribution in [-0.4, -0.2) is 39.3 Å². The molecule has 1 atom stereocenters. The lowest BCUT2D eigenvalue weighted by atomic mass is 9.98. The number of rotatable bonds is 3. The molecule has 0 radical (unpaired) electrons. The van der Waals surface area contributed by atoms with Gasteiger partial charge in [0.2, 0.25) is 0 Å². The van der Waals surface area contributed by atoms with Crippen LogP contribution in [-0.2, 0) is 0 Å². The smallest absolute Gasteiger partial charge is 0.276 e. The fraction of sp³-hybridized carbons (Fsp3) is 0.333. The first-order valence-corrected chi connectivity index (χ1v) is 9.24. The second-order valence-corrected chi connectivity index (χ2v) is 7.35. The second kappa shape index (κ2) is 6.95. The van der Waals surface area contributed by atoms with E-state index in [2.05, 4.69) is 15.4 Å². The first-order chi connectivity index (χ1) is 12.6. The minimum Gasteiger partial charge on any atom is -0.361 e. The van der Waals surface area contributed by atoms with Crippen LogP contribution in [0.3, 0.4) is 0 Å². The normalized spacial score (nSPS) is 17.5. The highest BCUT2D eigenvalue weighted by atomic mass is 32.1. The number of hydrogen-bond acceptors (Lipinski definition) is 6. The zero-order valence-electron chi connectivity index (χ0n) is 14.2. The maximum Gasteiger partial charge on any atom is 0.276 e. The van der Waals surface area contributed by atoms with Crippen molar-refractivity contribution in [3.8, 4) is 10.6 Å². The Morgan fingerprint density at radius 1 is 1.35 bits per heavy atom. The number of benzene rings is 1. The van der Waals surface area contributed by atoms with Gasteiger partial charge in [-0.1, -0.05) is 28.6 Å². The number of aryl methyl sites for hydroxylation is 1. The van der Waals surface area contributed by atoms with Crippen molar-refractivity contribution in [2.75, 3.05) is 13.1 Å². The van der Waals surface area contributed by atoms with Gasteiger partial charge in [0.15, 0.2) is 10.7 Å². The molecule has 8 heteroatoms. The average Bonchev–Trinajstić information content (AvgIpc) is 3.31. The Bertz CT molecular complexity index is 939. The quantitative estimate of drug-likeness (QED) is 0.702. The molecule has 26 heavy (non-hydrogen) atoms. The van der Waals surface area contributed by atoms with Crippen LogP contribution < -0.4 is 0 Å². The Kier molecular flexibility index (Phi) is 4.50. The monoisotopic (exact) mass is 372 g/mol. The van der Waals surface area contributed by atoms with Crippen molar-refractivity contribution in [1.29, 1.82) is 0 Å². The van der Waals surface area contributed by atoms with Gasteiger partial charge in [-0.05, 0) is 31.9 Å². The van der Waals surface area contributed by atoms with E-state index in [0.717, 1.165) is 17.8 Å². The number of likely N-dealkylation sites (tertiary alicyclic amines) is 1. The van der Waals surface area contributed by atoms with Crippen LogP contribution in [0.1, 0.15) is 40.0 Å². The van der Waals surface area contributed by atoms with Crippen molar-refractivity contribution in [2.24, 2.45) is 0 Å². The van der Waals surface area contributed by atoms with Crippen LogP contribution in [0.25, 0.3) is 10.6 Å². The van der Waals surface area contributed by atoms with Gasteiger partial charge in [-0.15, -0.1) is 10.2 Å². The lowest BCUT2D eigenvalue weighted by Gasteiger charge is -2.30. The van der Waals surface area contributed by atoms with E-state index in [4.69, 9.17) is 4.52 Å². The van der Waals surface area contributed by atoms with Crippen LogP contribution in [0, 0.1) is 12.7 Å². The molecule has 1 amide bonds. The molecule has 0 bridgehead atoms. The molecule has 2 aromatic heterocycles. The highest BCUT2D eigenvalue weighted by Crippen LogP contribution is 2.33. The SMILES string of the molecule is Cc1cc(C(=O)N2CCCC(c3nnc(-c4ccccc4F)s3)C2)no1. The molecule has 1 aliphatic heterocycles. The third kappa shape index (κ3) is 3.24. The van der Waals surface area contributed by atoms with Crippen LogP contribution in [0.2, 0.25) is 0 Å². The molecule has 0 aliphatic carbocycles. The molecule has 1 unspecified atom stereocenters. The van der Waals surface area contributed by atoms with E-state index in [0.29, 0.717) is 35.1 Å². The Morgan fingerprint density at radius 3 is 2.96 bits per heavy atom.